The van der Waals surface area contributed by atoms with E-state index in [0.717, 1.165) is 30.4 Å². The molecule has 1 aromatic carbocycles. The van der Waals surface area contributed by atoms with E-state index in [2.05, 4.69) is 17.6 Å². The summed E-state index contributed by atoms with van der Waals surface area (Å²) in [6.07, 6.45) is 13.0. The molecule has 0 aromatic heterocycles. The van der Waals surface area contributed by atoms with Gasteiger partial charge in [-0.15, -0.1) is 0 Å². The summed E-state index contributed by atoms with van der Waals surface area (Å²) in [5, 5.41) is 6.80. The van der Waals surface area contributed by atoms with Gasteiger partial charge in [-0.05, 0) is 24.6 Å². The van der Waals surface area contributed by atoms with Crippen molar-refractivity contribution in [2.45, 2.75) is 38.3 Å². The van der Waals surface area contributed by atoms with Gasteiger partial charge in [0.15, 0.2) is 17.3 Å². The Kier molecular flexibility index (Phi) is 4.91. The first-order valence-corrected chi connectivity index (χ1v) is 10.9. The van der Waals surface area contributed by atoms with Gasteiger partial charge in [0.25, 0.3) is 0 Å². The largest absolute Gasteiger partial charge is 0.374 e. The van der Waals surface area contributed by atoms with Crippen molar-refractivity contribution in [1.29, 1.82) is 0 Å². The van der Waals surface area contributed by atoms with Gasteiger partial charge in [0.2, 0.25) is 0 Å². The Morgan fingerprint density at radius 1 is 0.968 bits per heavy atom. The van der Waals surface area contributed by atoms with Crippen LogP contribution >= 0.6 is 0 Å². The summed E-state index contributed by atoms with van der Waals surface area (Å²) >= 11 is 0. The molecule has 5 rings (SSSR count). The Balaban J connectivity index is 1.64. The van der Waals surface area contributed by atoms with E-state index >= 15 is 0 Å². The zero-order valence-corrected chi connectivity index (χ0v) is 17.4. The monoisotopic (exact) mass is 412 g/mol. The van der Waals surface area contributed by atoms with Gasteiger partial charge in [0.1, 0.15) is 0 Å². The van der Waals surface area contributed by atoms with Crippen LogP contribution < -0.4 is 10.6 Å². The van der Waals surface area contributed by atoms with Crippen molar-refractivity contribution in [2.24, 2.45) is 0 Å². The fourth-order valence-electron chi connectivity index (χ4n) is 4.72. The molecule has 0 fully saturated rings. The normalized spacial score (nSPS) is 23.8. The third-order valence-electron chi connectivity index (χ3n) is 6.29. The molecule has 5 heteroatoms. The highest BCUT2D eigenvalue weighted by atomic mass is 16.2. The van der Waals surface area contributed by atoms with E-state index in [4.69, 9.17) is 0 Å². The molecule has 2 atom stereocenters. The van der Waals surface area contributed by atoms with Crippen LogP contribution in [0.2, 0.25) is 0 Å². The van der Waals surface area contributed by atoms with Crippen LogP contribution in [0.15, 0.2) is 82.6 Å². The maximum atomic E-state index is 13.6. The molecule has 3 aliphatic carbocycles. The van der Waals surface area contributed by atoms with Crippen molar-refractivity contribution < 1.29 is 14.4 Å². The maximum Gasteiger partial charge on any atom is 0.198 e. The Labute approximate surface area is 181 Å². The second-order valence-corrected chi connectivity index (χ2v) is 8.25. The first-order valence-electron chi connectivity index (χ1n) is 10.9. The van der Waals surface area contributed by atoms with Crippen molar-refractivity contribution in [3.05, 3.63) is 93.8 Å². The van der Waals surface area contributed by atoms with Crippen LogP contribution in [0, 0.1) is 0 Å². The van der Waals surface area contributed by atoms with Crippen molar-refractivity contribution in [1.82, 2.24) is 10.6 Å². The minimum Gasteiger partial charge on any atom is -0.374 e. The summed E-state index contributed by atoms with van der Waals surface area (Å²) in [6.45, 7) is 2.80. The van der Waals surface area contributed by atoms with E-state index in [1.807, 2.05) is 30.4 Å². The summed E-state index contributed by atoms with van der Waals surface area (Å²) in [5.74, 6) is -0.946. The topological polar surface area (TPSA) is 75.3 Å². The predicted octanol–water partition coefficient (Wildman–Crippen LogP) is 3.37. The quantitative estimate of drug-likeness (QED) is 0.573. The highest BCUT2D eigenvalue weighted by Gasteiger charge is 2.46. The molecule has 4 aliphatic rings. The van der Waals surface area contributed by atoms with Gasteiger partial charge in [-0.25, -0.2) is 0 Å². The lowest BCUT2D eigenvalue weighted by Crippen LogP contribution is -2.50. The average molecular weight is 412 g/mol. The van der Waals surface area contributed by atoms with E-state index in [-0.39, 0.29) is 34.5 Å². The number of benzene rings is 1. The molecule has 1 heterocycles. The van der Waals surface area contributed by atoms with Crippen LogP contribution in [0.3, 0.4) is 0 Å². The molecule has 0 saturated carbocycles. The molecule has 1 aromatic rings. The zero-order valence-electron chi connectivity index (χ0n) is 17.4. The highest BCUT2D eigenvalue weighted by Crippen LogP contribution is 2.39. The van der Waals surface area contributed by atoms with E-state index in [1.54, 1.807) is 24.3 Å². The van der Waals surface area contributed by atoms with Crippen LogP contribution in [0.4, 0.5) is 0 Å². The van der Waals surface area contributed by atoms with E-state index in [0.29, 0.717) is 23.4 Å². The number of rotatable bonds is 5. The van der Waals surface area contributed by atoms with Gasteiger partial charge in [-0.3, -0.25) is 14.4 Å². The average Bonchev–Trinajstić information content (AvgIpc) is 2.80. The Hall–Kier alpha value is -3.31. The van der Waals surface area contributed by atoms with Crippen molar-refractivity contribution in [2.75, 3.05) is 6.54 Å². The van der Waals surface area contributed by atoms with Crippen LogP contribution in [-0.2, 0) is 4.79 Å². The van der Waals surface area contributed by atoms with Crippen molar-refractivity contribution >= 4 is 17.3 Å². The number of fused-ring (bicyclic) bond motifs is 3. The van der Waals surface area contributed by atoms with E-state index < -0.39 is 6.04 Å². The van der Waals surface area contributed by atoms with Gasteiger partial charge in [0, 0.05) is 16.7 Å². The third-order valence-corrected chi connectivity index (χ3v) is 6.29. The summed E-state index contributed by atoms with van der Waals surface area (Å²) in [7, 11) is 0. The number of carbonyl (C=O) groups excluding carboxylic acids is 3. The number of allylic oxidation sites excluding steroid dienone is 3. The Morgan fingerprint density at radius 2 is 1.71 bits per heavy atom. The molecule has 0 saturated heterocycles. The highest BCUT2D eigenvalue weighted by molar-refractivity contribution is 6.39. The zero-order chi connectivity index (χ0) is 21.5. The minimum absolute atomic E-state index is 0.00937. The SMILES string of the molecule is CCCCCNC1C(=O)C2=C(C(=O)c3ccccc3C2=O)C2=C1C=C1C=CC=CC1N2. The van der Waals surface area contributed by atoms with Crippen LogP contribution in [0.25, 0.3) is 0 Å². The van der Waals surface area contributed by atoms with Gasteiger partial charge in [0.05, 0.1) is 28.9 Å². The number of Topliss-reactive ketones (excluding diaryl/α,β-unsaturated/α-hetero) is 3. The fourth-order valence-corrected chi connectivity index (χ4v) is 4.72. The van der Waals surface area contributed by atoms with Crippen LogP contribution in [-0.4, -0.2) is 36.0 Å². The second-order valence-electron chi connectivity index (χ2n) is 8.25. The number of unbranched alkanes of at least 4 members (excludes halogenated alkanes) is 2. The molecular formula is C26H24N2O3. The molecule has 156 valence electrons. The smallest absolute Gasteiger partial charge is 0.198 e. The predicted molar refractivity (Wildman–Crippen MR) is 119 cm³/mol. The third kappa shape index (κ3) is 3.08. The second kappa shape index (κ2) is 7.75. The summed E-state index contributed by atoms with van der Waals surface area (Å²) in [6, 6.07) is 6.02. The summed E-state index contributed by atoms with van der Waals surface area (Å²) < 4.78 is 0. The van der Waals surface area contributed by atoms with Crippen LogP contribution in [0.1, 0.15) is 46.9 Å². The van der Waals surface area contributed by atoms with E-state index in [9.17, 15) is 14.4 Å². The van der Waals surface area contributed by atoms with Crippen molar-refractivity contribution in [3.8, 4) is 0 Å². The standard InChI is InChI=1S/C26H24N2O3/c1-2-3-8-13-27-23-18-14-15-9-4-7-12-19(15)28-22(18)20-21(26(23)31)25(30)17-11-6-5-10-16(17)24(20)29/h4-7,9-12,14,19,23,27-28H,2-3,8,13H2,1H3. The van der Waals surface area contributed by atoms with Crippen molar-refractivity contribution in [3.63, 3.8) is 0 Å². The maximum absolute atomic E-state index is 13.6. The first-order chi connectivity index (χ1) is 15.1. The molecule has 0 bridgehead atoms. The van der Waals surface area contributed by atoms with E-state index in [1.165, 1.54) is 0 Å². The molecule has 0 amide bonds. The lowest BCUT2D eigenvalue weighted by Gasteiger charge is -2.37. The van der Waals surface area contributed by atoms with Gasteiger partial charge in [-0.1, -0.05) is 68.3 Å². The number of carbonyl (C=O) groups is 3. The molecule has 0 radical (unpaired) electrons. The first kappa shape index (κ1) is 19.6. The molecule has 2 unspecified atom stereocenters. The van der Waals surface area contributed by atoms with Gasteiger partial charge >= 0.3 is 0 Å². The van der Waals surface area contributed by atoms with Crippen LogP contribution in [0.5, 0.6) is 0 Å². The lowest BCUT2D eigenvalue weighted by atomic mass is 9.72. The number of ketones is 3. The number of hydrogen-bond donors (Lipinski definition) is 2. The van der Waals surface area contributed by atoms with Gasteiger partial charge < -0.3 is 10.6 Å². The number of nitrogens with one attached hydrogen (secondary N) is 2. The molecule has 0 spiro atoms. The molecule has 5 nitrogen and oxygen atoms in total. The summed E-state index contributed by atoms with van der Waals surface area (Å²) in [5.41, 5.74) is 3.27. The number of dihydropyridines is 1. The molecule has 1 aliphatic heterocycles. The molecular weight excluding hydrogens is 388 g/mol. The molecule has 31 heavy (non-hydrogen) atoms. The summed E-state index contributed by atoms with van der Waals surface area (Å²) in [4.78, 5) is 40.4. The minimum atomic E-state index is -0.645. The lowest BCUT2D eigenvalue weighted by molar-refractivity contribution is -0.116. The molecule has 2 N–H and O–H groups in total. The number of hydrogen-bond acceptors (Lipinski definition) is 5. The Morgan fingerprint density at radius 3 is 2.45 bits per heavy atom. The Bertz CT molecular complexity index is 1160. The fraction of sp³-hybridized carbons (Fsp3) is 0.269. The van der Waals surface area contributed by atoms with Gasteiger partial charge in [-0.2, -0.15) is 0 Å².